The molecule has 0 saturated heterocycles. The van der Waals surface area contributed by atoms with Crippen LogP contribution in [0.2, 0.25) is 0 Å². The van der Waals surface area contributed by atoms with Gasteiger partial charge in [0.05, 0.1) is 12.4 Å². The maximum atomic E-state index is 5.49. The first-order chi connectivity index (χ1) is 7.88. The Morgan fingerprint density at radius 1 is 1.12 bits per heavy atom. The van der Waals surface area contributed by atoms with Crippen LogP contribution in [0.4, 0.5) is 5.82 Å². The summed E-state index contributed by atoms with van der Waals surface area (Å²) in [4.78, 5) is 8.23. The van der Waals surface area contributed by atoms with Crippen molar-refractivity contribution in [2.45, 2.75) is 6.61 Å². The molecule has 0 radical (unpaired) electrons. The van der Waals surface area contributed by atoms with Gasteiger partial charge in [-0.3, -0.25) is 0 Å². The van der Waals surface area contributed by atoms with Gasteiger partial charge in [-0.15, -0.1) is 0 Å². The normalized spacial score (nSPS) is 9.81. The summed E-state index contributed by atoms with van der Waals surface area (Å²) < 4.78 is 5.49. The van der Waals surface area contributed by atoms with Crippen LogP contribution in [-0.4, -0.2) is 17.0 Å². The van der Waals surface area contributed by atoms with Gasteiger partial charge in [0.25, 0.3) is 0 Å². The zero-order valence-corrected chi connectivity index (χ0v) is 9.05. The molecule has 1 aromatic heterocycles. The molecule has 0 amide bonds. The predicted molar refractivity (Wildman–Crippen MR) is 62.4 cm³/mol. The van der Waals surface area contributed by atoms with Crippen molar-refractivity contribution in [1.29, 1.82) is 0 Å². The van der Waals surface area contributed by atoms with Gasteiger partial charge >= 0.3 is 0 Å². The summed E-state index contributed by atoms with van der Waals surface area (Å²) in [5, 5.41) is 2.90. The van der Waals surface area contributed by atoms with Crippen molar-refractivity contribution >= 4 is 5.82 Å². The molecule has 4 heteroatoms. The molecule has 0 bridgehead atoms. The number of hydrogen-bond donors (Lipinski definition) is 1. The summed E-state index contributed by atoms with van der Waals surface area (Å²) >= 11 is 0. The lowest BCUT2D eigenvalue weighted by Crippen LogP contribution is -1.99. The Morgan fingerprint density at radius 2 is 1.94 bits per heavy atom. The van der Waals surface area contributed by atoms with E-state index in [0.29, 0.717) is 12.5 Å². The van der Waals surface area contributed by atoms with Crippen molar-refractivity contribution < 1.29 is 4.74 Å². The molecule has 0 aliphatic carbocycles. The summed E-state index contributed by atoms with van der Waals surface area (Å²) in [5.41, 5.74) is 1.11. The summed E-state index contributed by atoms with van der Waals surface area (Å²) in [6.07, 6.45) is 3.25. The number of nitrogens with one attached hydrogen (secondary N) is 1. The minimum atomic E-state index is 0.508. The van der Waals surface area contributed by atoms with Crippen LogP contribution in [0.25, 0.3) is 0 Å². The Morgan fingerprint density at radius 3 is 2.56 bits per heavy atom. The van der Waals surface area contributed by atoms with Gasteiger partial charge in [-0.2, -0.15) is 0 Å². The number of anilines is 1. The van der Waals surface area contributed by atoms with Crippen molar-refractivity contribution in [3.05, 3.63) is 48.3 Å². The van der Waals surface area contributed by atoms with Crippen molar-refractivity contribution in [2.75, 3.05) is 12.4 Å². The number of rotatable bonds is 4. The largest absolute Gasteiger partial charge is 0.472 e. The highest BCUT2D eigenvalue weighted by atomic mass is 16.5. The standard InChI is InChI=1S/C12H13N3O/c1-13-11-7-15-12(8-14-11)16-9-10-5-3-2-4-6-10/h2-8H,9H2,1H3,(H,13,14). The topological polar surface area (TPSA) is 47.0 Å². The first kappa shape index (κ1) is 10.4. The monoisotopic (exact) mass is 215 g/mol. The number of ether oxygens (including phenoxy) is 1. The van der Waals surface area contributed by atoms with Gasteiger partial charge < -0.3 is 10.1 Å². The molecular formula is C12H13N3O. The van der Waals surface area contributed by atoms with Crippen molar-refractivity contribution in [3.8, 4) is 5.88 Å². The third-order valence-corrected chi connectivity index (χ3v) is 2.11. The third kappa shape index (κ3) is 2.70. The Hall–Kier alpha value is -2.10. The quantitative estimate of drug-likeness (QED) is 0.848. The second kappa shape index (κ2) is 5.11. The van der Waals surface area contributed by atoms with Crippen LogP contribution in [0.15, 0.2) is 42.7 Å². The van der Waals surface area contributed by atoms with Gasteiger partial charge in [-0.25, -0.2) is 9.97 Å². The van der Waals surface area contributed by atoms with E-state index in [1.54, 1.807) is 19.4 Å². The molecule has 1 aromatic carbocycles. The first-order valence-electron chi connectivity index (χ1n) is 5.05. The van der Waals surface area contributed by atoms with E-state index < -0.39 is 0 Å². The predicted octanol–water partition coefficient (Wildman–Crippen LogP) is 2.10. The van der Waals surface area contributed by atoms with E-state index in [0.717, 1.165) is 11.4 Å². The lowest BCUT2D eigenvalue weighted by molar-refractivity contribution is 0.292. The van der Waals surface area contributed by atoms with Crippen LogP contribution < -0.4 is 10.1 Å². The molecule has 16 heavy (non-hydrogen) atoms. The summed E-state index contributed by atoms with van der Waals surface area (Å²) in [7, 11) is 1.80. The van der Waals surface area contributed by atoms with E-state index in [1.807, 2.05) is 30.3 Å². The molecular weight excluding hydrogens is 202 g/mol. The minimum Gasteiger partial charge on any atom is -0.472 e. The Bertz CT molecular complexity index is 428. The molecule has 2 aromatic rings. The lowest BCUT2D eigenvalue weighted by Gasteiger charge is -2.05. The lowest BCUT2D eigenvalue weighted by atomic mass is 10.2. The maximum Gasteiger partial charge on any atom is 0.232 e. The zero-order valence-electron chi connectivity index (χ0n) is 9.05. The fourth-order valence-corrected chi connectivity index (χ4v) is 1.25. The first-order valence-corrected chi connectivity index (χ1v) is 5.05. The van der Waals surface area contributed by atoms with Crippen LogP contribution in [0.5, 0.6) is 5.88 Å². The van der Waals surface area contributed by atoms with Crippen LogP contribution in [0.3, 0.4) is 0 Å². The molecule has 1 N–H and O–H groups in total. The fraction of sp³-hybridized carbons (Fsp3) is 0.167. The average molecular weight is 215 g/mol. The van der Waals surface area contributed by atoms with Gasteiger partial charge in [0.15, 0.2) is 0 Å². The molecule has 1 heterocycles. The van der Waals surface area contributed by atoms with Crippen molar-refractivity contribution in [3.63, 3.8) is 0 Å². The highest BCUT2D eigenvalue weighted by Crippen LogP contribution is 2.09. The second-order valence-electron chi connectivity index (χ2n) is 3.26. The van der Waals surface area contributed by atoms with Crippen LogP contribution in [0, 0.1) is 0 Å². The van der Waals surface area contributed by atoms with Crippen LogP contribution in [-0.2, 0) is 6.61 Å². The fourth-order valence-electron chi connectivity index (χ4n) is 1.25. The van der Waals surface area contributed by atoms with Gasteiger partial charge in [-0.1, -0.05) is 30.3 Å². The number of hydrogen-bond acceptors (Lipinski definition) is 4. The average Bonchev–Trinajstić information content (AvgIpc) is 2.38. The molecule has 82 valence electrons. The summed E-state index contributed by atoms with van der Waals surface area (Å²) in [5.74, 6) is 1.26. The van der Waals surface area contributed by atoms with Gasteiger partial charge in [0, 0.05) is 7.05 Å². The van der Waals surface area contributed by atoms with E-state index in [9.17, 15) is 0 Å². The summed E-state index contributed by atoms with van der Waals surface area (Å²) in [6.45, 7) is 0.508. The SMILES string of the molecule is CNc1cnc(OCc2ccccc2)cn1. The molecule has 0 unspecified atom stereocenters. The van der Waals surface area contributed by atoms with Crippen LogP contribution >= 0.6 is 0 Å². The van der Waals surface area contributed by atoms with E-state index in [1.165, 1.54) is 0 Å². The molecule has 0 saturated carbocycles. The zero-order chi connectivity index (χ0) is 11.2. The molecule has 0 spiro atoms. The molecule has 4 nitrogen and oxygen atoms in total. The molecule has 0 aliphatic heterocycles. The molecule has 0 atom stereocenters. The van der Waals surface area contributed by atoms with E-state index in [-0.39, 0.29) is 0 Å². The highest BCUT2D eigenvalue weighted by Gasteiger charge is 1.97. The summed E-state index contributed by atoms with van der Waals surface area (Å²) in [6, 6.07) is 9.96. The Kier molecular flexibility index (Phi) is 3.33. The number of aromatic nitrogens is 2. The maximum absolute atomic E-state index is 5.49. The highest BCUT2D eigenvalue weighted by molar-refractivity contribution is 5.30. The van der Waals surface area contributed by atoms with Gasteiger partial charge in [0.2, 0.25) is 5.88 Å². The number of benzene rings is 1. The third-order valence-electron chi connectivity index (χ3n) is 2.11. The Balaban J connectivity index is 1.94. The Labute approximate surface area is 94.3 Å². The van der Waals surface area contributed by atoms with E-state index in [4.69, 9.17) is 4.74 Å². The van der Waals surface area contributed by atoms with E-state index in [2.05, 4.69) is 15.3 Å². The van der Waals surface area contributed by atoms with Gasteiger partial charge in [0.1, 0.15) is 12.4 Å². The van der Waals surface area contributed by atoms with E-state index >= 15 is 0 Å². The minimum absolute atomic E-state index is 0.508. The van der Waals surface area contributed by atoms with Crippen LogP contribution in [0.1, 0.15) is 5.56 Å². The van der Waals surface area contributed by atoms with Crippen molar-refractivity contribution in [2.24, 2.45) is 0 Å². The molecule has 0 fully saturated rings. The van der Waals surface area contributed by atoms with Gasteiger partial charge in [-0.05, 0) is 5.56 Å². The molecule has 2 rings (SSSR count). The molecule has 0 aliphatic rings. The second-order valence-corrected chi connectivity index (χ2v) is 3.26. The number of nitrogens with zero attached hydrogens (tertiary/aromatic N) is 2. The smallest absolute Gasteiger partial charge is 0.232 e. The van der Waals surface area contributed by atoms with Crippen molar-refractivity contribution in [1.82, 2.24) is 9.97 Å².